The molecule has 0 saturated heterocycles. The van der Waals surface area contributed by atoms with Crippen molar-refractivity contribution in [3.8, 4) is 0 Å². The van der Waals surface area contributed by atoms with Gasteiger partial charge in [-0.15, -0.1) is 0 Å². The van der Waals surface area contributed by atoms with E-state index in [1.807, 2.05) is 13.8 Å². The number of fused-ring (bicyclic) bond motifs is 1. The maximum absolute atomic E-state index is 12.0. The first-order chi connectivity index (χ1) is 8.59. The van der Waals surface area contributed by atoms with Gasteiger partial charge in [0.25, 0.3) is 5.91 Å². The maximum Gasteiger partial charge on any atom is 0.273 e. The molecule has 0 aliphatic heterocycles. The average molecular weight is 252 g/mol. The molecule has 1 aromatic rings. The molecular formula is C13H20N2O3. The molecule has 0 aromatic carbocycles. The molecule has 1 amide bonds. The molecule has 1 aromatic heterocycles. The van der Waals surface area contributed by atoms with E-state index >= 15 is 0 Å². The van der Waals surface area contributed by atoms with E-state index in [1.54, 1.807) is 0 Å². The lowest BCUT2D eigenvalue weighted by atomic mass is 9.96. The lowest BCUT2D eigenvalue weighted by Gasteiger charge is -2.15. The summed E-state index contributed by atoms with van der Waals surface area (Å²) in [4.78, 5) is 12.0. The molecule has 1 aliphatic rings. The molecule has 0 bridgehead atoms. The quantitative estimate of drug-likeness (QED) is 0.847. The highest BCUT2D eigenvalue weighted by Gasteiger charge is 2.24. The minimum atomic E-state index is -0.531. The Morgan fingerprint density at radius 2 is 2.17 bits per heavy atom. The summed E-state index contributed by atoms with van der Waals surface area (Å²) in [6, 6.07) is 0. The van der Waals surface area contributed by atoms with E-state index < -0.39 is 6.10 Å². The van der Waals surface area contributed by atoms with Crippen LogP contribution in [0.3, 0.4) is 0 Å². The second kappa shape index (κ2) is 5.52. The number of hydrogen-bond acceptors (Lipinski definition) is 4. The second-order valence-electron chi connectivity index (χ2n) is 5.16. The zero-order valence-corrected chi connectivity index (χ0v) is 10.9. The molecule has 0 saturated carbocycles. The summed E-state index contributed by atoms with van der Waals surface area (Å²) >= 11 is 0. The largest absolute Gasteiger partial charge is 0.391 e. The number of carbonyl (C=O) groups excluding carboxylic acids is 1. The van der Waals surface area contributed by atoms with Crippen LogP contribution in [0.15, 0.2) is 4.52 Å². The van der Waals surface area contributed by atoms with Crippen LogP contribution in [0, 0.1) is 5.92 Å². The fraction of sp³-hybridized carbons (Fsp3) is 0.692. The number of nitrogens with one attached hydrogen (secondary N) is 1. The van der Waals surface area contributed by atoms with Gasteiger partial charge < -0.3 is 14.9 Å². The van der Waals surface area contributed by atoms with E-state index in [0.29, 0.717) is 5.69 Å². The van der Waals surface area contributed by atoms with Gasteiger partial charge in [0, 0.05) is 18.5 Å². The fourth-order valence-corrected chi connectivity index (χ4v) is 2.08. The number of rotatable bonds is 4. The molecule has 5 heteroatoms. The minimum absolute atomic E-state index is 0.122. The summed E-state index contributed by atoms with van der Waals surface area (Å²) in [5.74, 6) is 0.717. The molecule has 100 valence electrons. The summed E-state index contributed by atoms with van der Waals surface area (Å²) in [5.41, 5.74) is 1.33. The van der Waals surface area contributed by atoms with Crippen LogP contribution < -0.4 is 5.32 Å². The Bertz CT molecular complexity index is 426. The smallest absolute Gasteiger partial charge is 0.273 e. The van der Waals surface area contributed by atoms with Gasteiger partial charge in [0.1, 0.15) is 5.76 Å². The predicted octanol–water partition coefficient (Wildman–Crippen LogP) is 1.30. The normalized spacial score (nSPS) is 16.4. The third-order valence-electron chi connectivity index (χ3n) is 3.41. The molecule has 1 atom stereocenters. The van der Waals surface area contributed by atoms with Crippen LogP contribution in [0.2, 0.25) is 0 Å². The monoisotopic (exact) mass is 252 g/mol. The highest BCUT2D eigenvalue weighted by atomic mass is 16.5. The molecule has 0 spiro atoms. The van der Waals surface area contributed by atoms with Gasteiger partial charge in [-0.05, 0) is 25.2 Å². The molecule has 1 heterocycles. The predicted molar refractivity (Wildman–Crippen MR) is 66.3 cm³/mol. The maximum atomic E-state index is 12.0. The van der Waals surface area contributed by atoms with Gasteiger partial charge in [-0.25, -0.2) is 0 Å². The first kappa shape index (κ1) is 13.1. The molecule has 18 heavy (non-hydrogen) atoms. The van der Waals surface area contributed by atoms with Crippen LogP contribution in [0.25, 0.3) is 0 Å². The van der Waals surface area contributed by atoms with E-state index in [0.717, 1.165) is 37.0 Å². The van der Waals surface area contributed by atoms with E-state index in [4.69, 9.17) is 4.52 Å². The van der Waals surface area contributed by atoms with Gasteiger partial charge in [-0.3, -0.25) is 4.79 Å². The Morgan fingerprint density at radius 3 is 2.89 bits per heavy atom. The average Bonchev–Trinajstić information content (AvgIpc) is 2.79. The lowest BCUT2D eigenvalue weighted by molar-refractivity contribution is 0.0862. The number of amides is 1. The SMILES string of the molecule is CC(C)C(O)CNC(=O)c1noc2c1CCCC2. The van der Waals surface area contributed by atoms with Crippen molar-refractivity contribution in [2.75, 3.05) is 6.54 Å². The molecule has 2 rings (SSSR count). The van der Waals surface area contributed by atoms with Crippen molar-refractivity contribution in [1.82, 2.24) is 10.5 Å². The van der Waals surface area contributed by atoms with Crippen LogP contribution in [0.1, 0.15) is 48.5 Å². The van der Waals surface area contributed by atoms with Crippen molar-refractivity contribution in [3.05, 3.63) is 17.0 Å². The Balaban J connectivity index is 1.99. The Labute approximate surface area is 107 Å². The van der Waals surface area contributed by atoms with Gasteiger partial charge in [0.15, 0.2) is 5.69 Å². The molecule has 0 radical (unpaired) electrons. The summed E-state index contributed by atoms with van der Waals surface area (Å²) in [6.45, 7) is 4.07. The number of aromatic nitrogens is 1. The van der Waals surface area contributed by atoms with Gasteiger partial charge in [-0.2, -0.15) is 0 Å². The lowest BCUT2D eigenvalue weighted by Crippen LogP contribution is -2.35. The molecule has 0 fully saturated rings. The summed E-state index contributed by atoms with van der Waals surface area (Å²) in [5, 5.41) is 16.2. The summed E-state index contributed by atoms with van der Waals surface area (Å²) in [7, 11) is 0. The molecule has 1 aliphatic carbocycles. The van der Waals surface area contributed by atoms with E-state index in [9.17, 15) is 9.90 Å². The first-order valence-corrected chi connectivity index (χ1v) is 6.53. The van der Waals surface area contributed by atoms with E-state index in [-0.39, 0.29) is 18.4 Å². The third kappa shape index (κ3) is 2.72. The van der Waals surface area contributed by atoms with Crippen molar-refractivity contribution >= 4 is 5.91 Å². The first-order valence-electron chi connectivity index (χ1n) is 6.53. The van der Waals surface area contributed by atoms with Crippen molar-refractivity contribution in [2.45, 2.75) is 45.6 Å². The molecule has 5 nitrogen and oxygen atoms in total. The van der Waals surface area contributed by atoms with E-state index in [2.05, 4.69) is 10.5 Å². The van der Waals surface area contributed by atoms with Gasteiger partial charge in [-0.1, -0.05) is 19.0 Å². The second-order valence-corrected chi connectivity index (χ2v) is 5.16. The molecule has 1 unspecified atom stereocenters. The number of aryl methyl sites for hydroxylation is 1. The van der Waals surface area contributed by atoms with Crippen molar-refractivity contribution < 1.29 is 14.4 Å². The molecule has 2 N–H and O–H groups in total. The number of hydrogen-bond donors (Lipinski definition) is 2. The van der Waals surface area contributed by atoms with Crippen LogP contribution in [-0.2, 0) is 12.8 Å². The summed E-state index contributed by atoms with van der Waals surface area (Å²) < 4.78 is 5.19. The van der Waals surface area contributed by atoms with Crippen molar-refractivity contribution in [2.24, 2.45) is 5.92 Å². The Hall–Kier alpha value is -1.36. The van der Waals surface area contributed by atoms with E-state index in [1.165, 1.54) is 0 Å². The van der Waals surface area contributed by atoms with Crippen LogP contribution in [0.4, 0.5) is 0 Å². The number of aliphatic hydroxyl groups is 1. The van der Waals surface area contributed by atoms with Crippen molar-refractivity contribution in [3.63, 3.8) is 0 Å². The van der Waals surface area contributed by atoms with Gasteiger partial charge in [0.05, 0.1) is 6.10 Å². The van der Waals surface area contributed by atoms with Gasteiger partial charge in [0.2, 0.25) is 0 Å². The Kier molecular flexibility index (Phi) is 4.01. The molecular weight excluding hydrogens is 232 g/mol. The standard InChI is InChI=1S/C13H20N2O3/c1-8(2)10(16)7-14-13(17)12-9-5-3-4-6-11(9)18-15-12/h8,10,16H,3-7H2,1-2H3,(H,14,17). The zero-order valence-electron chi connectivity index (χ0n) is 10.9. The topological polar surface area (TPSA) is 75.4 Å². The number of nitrogens with zero attached hydrogens (tertiary/aromatic N) is 1. The van der Waals surface area contributed by atoms with Crippen LogP contribution >= 0.6 is 0 Å². The third-order valence-corrected chi connectivity index (χ3v) is 3.41. The number of carbonyl (C=O) groups is 1. The van der Waals surface area contributed by atoms with Crippen LogP contribution in [-0.4, -0.2) is 28.8 Å². The van der Waals surface area contributed by atoms with Gasteiger partial charge >= 0.3 is 0 Å². The highest BCUT2D eigenvalue weighted by Crippen LogP contribution is 2.24. The highest BCUT2D eigenvalue weighted by molar-refractivity contribution is 5.93. The van der Waals surface area contributed by atoms with Crippen LogP contribution in [0.5, 0.6) is 0 Å². The minimum Gasteiger partial charge on any atom is -0.391 e. The summed E-state index contributed by atoms with van der Waals surface area (Å²) in [6.07, 6.45) is 3.36. The van der Waals surface area contributed by atoms with Crippen molar-refractivity contribution in [1.29, 1.82) is 0 Å². The number of aliphatic hydroxyl groups excluding tert-OH is 1. The fourth-order valence-electron chi connectivity index (χ4n) is 2.08. The Morgan fingerprint density at radius 1 is 1.44 bits per heavy atom. The zero-order chi connectivity index (χ0) is 13.1.